The highest BCUT2D eigenvalue weighted by molar-refractivity contribution is 7.89. The van der Waals surface area contributed by atoms with Gasteiger partial charge in [0.2, 0.25) is 10.0 Å². The summed E-state index contributed by atoms with van der Waals surface area (Å²) in [6, 6.07) is 4.79. The van der Waals surface area contributed by atoms with Crippen molar-refractivity contribution in [3.05, 3.63) is 46.8 Å². The van der Waals surface area contributed by atoms with Gasteiger partial charge in [0.1, 0.15) is 6.20 Å². The highest BCUT2D eigenvalue weighted by atomic mass is 35.5. The van der Waals surface area contributed by atoms with Gasteiger partial charge in [-0.05, 0) is 12.1 Å². The third-order valence-electron chi connectivity index (χ3n) is 2.91. The van der Waals surface area contributed by atoms with Gasteiger partial charge in [0, 0.05) is 25.1 Å². The van der Waals surface area contributed by atoms with Gasteiger partial charge in [-0.2, -0.15) is 0 Å². The van der Waals surface area contributed by atoms with Gasteiger partial charge in [0.15, 0.2) is 6.34 Å². The fourth-order valence-electron chi connectivity index (χ4n) is 1.80. The number of halogens is 1. The van der Waals surface area contributed by atoms with Crippen LogP contribution in [0.3, 0.4) is 0 Å². The van der Waals surface area contributed by atoms with Crippen molar-refractivity contribution >= 4 is 22.0 Å². The maximum Gasteiger partial charge on any atom is 0.269 e. The maximum absolute atomic E-state index is 12.0. The summed E-state index contributed by atoms with van der Waals surface area (Å²) in [7, 11) is -3.63. The topological polar surface area (TPSA) is 106 Å². The van der Waals surface area contributed by atoms with E-state index >= 15 is 0 Å². The molecule has 0 saturated carbocycles. The lowest BCUT2D eigenvalue weighted by Gasteiger charge is -2.08. The van der Waals surface area contributed by atoms with E-state index in [1.807, 2.05) is 6.20 Å². The highest BCUT2D eigenvalue weighted by Crippen LogP contribution is 2.15. The molecule has 8 nitrogen and oxygen atoms in total. The fourth-order valence-corrected chi connectivity index (χ4v) is 2.87. The Labute approximate surface area is 134 Å². The molecule has 120 valence electrons. The summed E-state index contributed by atoms with van der Waals surface area (Å²) in [4.78, 5) is 15.0. The number of hydrogen-bond donors (Lipinski definition) is 2. The van der Waals surface area contributed by atoms with Gasteiger partial charge in [0.25, 0.3) is 5.69 Å². The lowest BCUT2D eigenvalue weighted by Crippen LogP contribution is -3.05. The summed E-state index contributed by atoms with van der Waals surface area (Å²) in [5, 5.41) is 10.5. The number of quaternary nitrogens is 1. The van der Waals surface area contributed by atoms with Gasteiger partial charge in [-0.15, -0.1) is 0 Å². The molecule has 1 aliphatic heterocycles. The summed E-state index contributed by atoms with van der Waals surface area (Å²) in [6.07, 6.45) is 5.96. The average Bonchev–Trinajstić information content (AvgIpc) is 2.97. The van der Waals surface area contributed by atoms with E-state index in [9.17, 15) is 18.5 Å². The lowest BCUT2D eigenvalue weighted by molar-refractivity contribution is -0.736. The van der Waals surface area contributed by atoms with Crippen LogP contribution in [0.1, 0.15) is 6.42 Å². The highest BCUT2D eigenvalue weighted by Gasteiger charge is 2.15. The van der Waals surface area contributed by atoms with Crippen molar-refractivity contribution in [1.29, 1.82) is 0 Å². The van der Waals surface area contributed by atoms with Crippen molar-refractivity contribution in [2.45, 2.75) is 11.3 Å². The molecule has 22 heavy (non-hydrogen) atoms. The van der Waals surface area contributed by atoms with Crippen molar-refractivity contribution in [2.75, 3.05) is 13.1 Å². The van der Waals surface area contributed by atoms with Crippen LogP contribution in [-0.4, -0.2) is 32.8 Å². The van der Waals surface area contributed by atoms with Gasteiger partial charge < -0.3 is 12.4 Å². The van der Waals surface area contributed by atoms with E-state index in [1.54, 1.807) is 12.5 Å². The molecule has 1 aromatic rings. The van der Waals surface area contributed by atoms with Crippen molar-refractivity contribution in [2.24, 2.45) is 4.99 Å². The first kappa shape index (κ1) is 18.2. The molecule has 0 aliphatic carbocycles. The van der Waals surface area contributed by atoms with E-state index < -0.39 is 14.9 Å². The number of aliphatic imine (C=N–C) groups is 1. The standard InChI is InChI=1S/C12H14N4O4S.ClH/c17-16(18)11-2-4-12(5-3-11)21(19,20)14-6-1-8-15-9-7-13-10-15;/h2-5,7,9-10,14H,1,6,8H2;1H. The predicted molar refractivity (Wildman–Crippen MR) is 76.4 cm³/mol. The monoisotopic (exact) mass is 346 g/mol. The molecule has 10 heteroatoms. The summed E-state index contributed by atoms with van der Waals surface area (Å²) < 4.78 is 26.4. The number of nitrogens with zero attached hydrogens (tertiary/aromatic N) is 2. The molecule has 1 unspecified atom stereocenters. The summed E-state index contributed by atoms with van der Waals surface area (Å²) in [5.74, 6) is 0. The zero-order valence-electron chi connectivity index (χ0n) is 11.5. The molecule has 1 atom stereocenters. The zero-order valence-corrected chi connectivity index (χ0v) is 13.0. The molecular weight excluding hydrogens is 332 g/mol. The molecule has 0 aromatic heterocycles. The van der Waals surface area contributed by atoms with E-state index in [0.717, 1.165) is 11.4 Å². The second-order valence-corrected chi connectivity index (χ2v) is 6.19. The van der Waals surface area contributed by atoms with E-state index in [1.165, 1.54) is 24.3 Å². The molecule has 1 aliphatic rings. The largest absolute Gasteiger partial charge is 1.00 e. The van der Waals surface area contributed by atoms with Crippen LogP contribution in [-0.2, 0) is 10.0 Å². The smallest absolute Gasteiger partial charge is 0.269 e. The summed E-state index contributed by atoms with van der Waals surface area (Å²) in [6.45, 7) is 1.04. The van der Waals surface area contributed by atoms with Crippen LogP contribution < -0.4 is 22.0 Å². The lowest BCUT2D eigenvalue weighted by atomic mass is 10.3. The van der Waals surface area contributed by atoms with E-state index in [0.29, 0.717) is 13.0 Å². The Kier molecular flexibility index (Phi) is 6.62. The molecule has 1 aromatic carbocycles. The molecule has 0 bridgehead atoms. The van der Waals surface area contributed by atoms with Crippen LogP contribution in [0.25, 0.3) is 0 Å². The van der Waals surface area contributed by atoms with Crippen molar-refractivity contribution in [1.82, 2.24) is 4.72 Å². The first-order chi connectivity index (χ1) is 9.99. The van der Waals surface area contributed by atoms with Crippen LogP contribution >= 0.6 is 0 Å². The van der Waals surface area contributed by atoms with E-state index in [2.05, 4.69) is 9.71 Å². The minimum absolute atomic E-state index is 0. The number of nitro groups is 1. The molecule has 0 fully saturated rings. The Balaban J connectivity index is 0.00000242. The Morgan fingerprint density at radius 3 is 2.50 bits per heavy atom. The van der Waals surface area contributed by atoms with E-state index in [4.69, 9.17) is 0 Å². The Bertz CT molecular complexity index is 661. The molecular formula is C12H15ClN4O4S. The van der Waals surface area contributed by atoms with E-state index in [-0.39, 0.29) is 23.0 Å². The predicted octanol–water partition coefficient (Wildman–Crippen LogP) is -3.33. The quantitative estimate of drug-likeness (QED) is 0.306. The number of nitrogens with one attached hydrogen (secondary N) is 2. The van der Waals surface area contributed by atoms with Crippen LogP contribution in [0.4, 0.5) is 5.69 Å². The molecule has 0 radical (unpaired) electrons. The Hall–Kier alpha value is -1.81. The maximum atomic E-state index is 12.0. The van der Waals surface area contributed by atoms with Gasteiger partial charge >= 0.3 is 0 Å². The normalized spacial score (nSPS) is 16.5. The zero-order chi connectivity index (χ0) is 15.3. The number of non-ortho nitro benzene ring substituents is 1. The van der Waals surface area contributed by atoms with Gasteiger partial charge in [-0.25, -0.2) is 18.1 Å². The van der Waals surface area contributed by atoms with Crippen LogP contribution in [0.5, 0.6) is 0 Å². The summed E-state index contributed by atoms with van der Waals surface area (Å²) in [5.41, 5.74) is -0.141. The number of nitro benzene ring substituents is 1. The van der Waals surface area contributed by atoms with Crippen LogP contribution in [0.2, 0.25) is 0 Å². The molecule has 0 amide bonds. The first-order valence-electron chi connectivity index (χ1n) is 6.29. The number of rotatable bonds is 7. The van der Waals surface area contributed by atoms with Crippen LogP contribution in [0.15, 0.2) is 46.6 Å². The van der Waals surface area contributed by atoms with Gasteiger partial charge in [0.05, 0.1) is 22.6 Å². The molecule has 1 heterocycles. The average molecular weight is 347 g/mol. The molecule has 2 N–H and O–H groups in total. The van der Waals surface area contributed by atoms with Gasteiger partial charge in [-0.3, -0.25) is 15.0 Å². The second kappa shape index (κ2) is 7.99. The van der Waals surface area contributed by atoms with Crippen molar-refractivity contribution in [3.63, 3.8) is 0 Å². The Morgan fingerprint density at radius 1 is 1.27 bits per heavy atom. The molecule has 2 rings (SSSR count). The third-order valence-corrected chi connectivity index (χ3v) is 4.38. The van der Waals surface area contributed by atoms with Crippen molar-refractivity contribution < 1.29 is 30.6 Å². The SMILES string of the molecule is O=[N+]([O-])c1ccc(S(=O)(=O)NCCC[NH+]2C=CN=C2)cc1.[Cl-]. The fraction of sp³-hybridized carbons (Fsp3) is 0.250. The second-order valence-electron chi connectivity index (χ2n) is 4.42. The van der Waals surface area contributed by atoms with Crippen molar-refractivity contribution in [3.8, 4) is 0 Å². The van der Waals surface area contributed by atoms with Crippen LogP contribution in [0, 0.1) is 10.1 Å². The number of sulfonamides is 1. The third kappa shape index (κ3) is 4.88. The number of hydrogen-bond acceptors (Lipinski definition) is 5. The first-order valence-corrected chi connectivity index (χ1v) is 7.77. The minimum Gasteiger partial charge on any atom is -1.00 e. The molecule has 0 saturated heterocycles. The van der Waals surface area contributed by atoms with Gasteiger partial charge in [-0.1, -0.05) is 0 Å². The Morgan fingerprint density at radius 2 is 1.95 bits per heavy atom. The number of benzene rings is 1. The summed E-state index contributed by atoms with van der Waals surface area (Å²) >= 11 is 0. The minimum atomic E-state index is -3.63. The molecule has 0 spiro atoms.